The first-order chi connectivity index (χ1) is 8.22. The Bertz CT molecular complexity index is 378. The van der Waals surface area contributed by atoms with Crippen molar-refractivity contribution >= 4 is 11.6 Å². The average molecular weight is 255 g/mol. The number of piperazine rings is 1. The van der Waals surface area contributed by atoms with E-state index in [9.17, 15) is 0 Å². The molecule has 0 aromatic heterocycles. The second kappa shape index (κ2) is 5.71. The van der Waals surface area contributed by atoms with E-state index in [1.165, 1.54) is 5.56 Å². The molecular formula is C13H19ClN2O. The molecular weight excluding hydrogens is 236 g/mol. The molecule has 94 valence electrons. The second-order valence-corrected chi connectivity index (χ2v) is 4.78. The summed E-state index contributed by atoms with van der Waals surface area (Å²) in [6, 6.07) is 6.16. The van der Waals surface area contributed by atoms with E-state index in [4.69, 9.17) is 16.3 Å². The Morgan fingerprint density at radius 3 is 2.71 bits per heavy atom. The third-order valence-corrected chi connectivity index (χ3v) is 3.58. The average Bonchev–Trinajstić information content (AvgIpc) is 2.39. The van der Waals surface area contributed by atoms with Crippen molar-refractivity contribution in [2.24, 2.45) is 0 Å². The van der Waals surface area contributed by atoms with Crippen molar-refractivity contribution in [3.05, 3.63) is 28.8 Å². The largest absolute Gasteiger partial charge is 0.496 e. The van der Waals surface area contributed by atoms with Crippen molar-refractivity contribution < 1.29 is 4.74 Å². The maximum Gasteiger partial charge on any atom is 0.123 e. The minimum atomic E-state index is 0.339. The Labute approximate surface area is 108 Å². The van der Waals surface area contributed by atoms with Crippen molar-refractivity contribution in [3.63, 3.8) is 0 Å². The van der Waals surface area contributed by atoms with Crippen LogP contribution in [-0.4, -0.2) is 38.2 Å². The van der Waals surface area contributed by atoms with Gasteiger partial charge in [-0.3, -0.25) is 4.90 Å². The second-order valence-electron chi connectivity index (χ2n) is 4.35. The Morgan fingerprint density at radius 1 is 1.35 bits per heavy atom. The normalized spacial score (nSPS) is 19.0. The van der Waals surface area contributed by atoms with Gasteiger partial charge in [-0.05, 0) is 25.1 Å². The van der Waals surface area contributed by atoms with Gasteiger partial charge < -0.3 is 10.1 Å². The maximum atomic E-state index is 6.07. The molecule has 0 radical (unpaired) electrons. The molecule has 0 aliphatic carbocycles. The third kappa shape index (κ3) is 2.92. The lowest BCUT2D eigenvalue weighted by molar-refractivity contribution is 0.182. The lowest BCUT2D eigenvalue weighted by atomic mass is 10.0. The van der Waals surface area contributed by atoms with Crippen LogP contribution in [-0.2, 0) is 0 Å². The highest BCUT2D eigenvalue weighted by atomic mass is 35.5. The number of hydrogen-bond donors (Lipinski definition) is 1. The zero-order valence-electron chi connectivity index (χ0n) is 10.4. The van der Waals surface area contributed by atoms with Gasteiger partial charge in [0.15, 0.2) is 0 Å². The van der Waals surface area contributed by atoms with Crippen LogP contribution >= 0.6 is 11.6 Å². The van der Waals surface area contributed by atoms with Gasteiger partial charge in [0, 0.05) is 42.8 Å². The summed E-state index contributed by atoms with van der Waals surface area (Å²) in [5, 5.41) is 4.13. The van der Waals surface area contributed by atoms with Gasteiger partial charge in [0.2, 0.25) is 0 Å². The van der Waals surface area contributed by atoms with Crippen molar-refractivity contribution in [2.75, 3.05) is 33.3 Å². The quantitative estimate of drug-likeness (QED) is 0.896. The number of ether oxygens (including phenoxy) is 1. The molecule has 1 N–H and O–H groups in total. The number of rotatable bonds is 3. The van der Waals surface area contributed by atoms with Gasteiger partial charge in [-0.25, -0.2) is 0 Å². The molecule has 4 heteroatoms. The Kier molecular flexibility index (Phi) is 4.26. The molecule has 0 bridgehead atoms. The zero-order chi connectivity index (χ0) is 12.3. The van der Waals surface area contributed by atoms with E-state index in [1.807, 2.05) is 18.2 Å². The molecule has 1 aromatic carbocycles. The van der Waals surface area contributed by atoms with Crippen molar-refractivity contribution in [1.82, 2.24) is 10.2 Å². The summed E-state index contributed by atoms with van der Waals surface area (Å²) < 4.78 is 5.41. The molecule has 0 saturated carbocycles. The minimum absolute atomic E-state index is 0.339. The number of nitrogens with zero attached hydrogens (tertiary/aromatic N) is 1. The van der Waals surface area contributed by atoms with Crippen LogP contribution in [0.2, 0.25) is 5.02 Å². The van der Waals surface area contributed by atoms with Crippen LogP contribution in [0.4, 0.5) is 0 Å². The van der Waals surface area contributed by atoms with E-state index in [-0.39, 0.29) is 0 Å². The number of nitrogens with one attached hydrogen (secondary N) is 1. The van der Waals surface area contributed by atoms with Crippen LogP contribution in [0.15, 0.2) is 18.2 Å². The smallest absolute Gasteiger partial charge is 0.123 e. The molecule has 0 unspecified atom stereocenters. The topological polar surface area (TPSA) is 24.5 Å². The van der Waals surface area contributed by atoms with Gasteiger partial charge in [-0.2, -0.15) is 0 Å². The Hall–Kier alpha value is -0.770. The maximum absolute atomic E-state index is 6.07. The Morgan fingerprint density at radius 2 is 2.06 bits per heavy atom. The minimum Gasteiger partial charge on any atom is -0.496 e. The van der Waals surface area contributed by atoms with E-state index in [1.54, 1.807) is 7.11 Å². The molecule has 1 heterocycles. The summed E-state index contributed by atoms with van der Waals surface area (Å²) in [5.41, 5.74) is 1.17. The fourth-order valence-corrected chi connectivity index (χ4v) is 2.48. The van der Waals surface area contributed by atoms with Gasteiger partial charge in [0.05, 0.1) is 7.11 Å². The molecule has 1 aliphatic heterocycles. The molecule has 0 spiro atoms. The number of halogens is 1. The molecule has 1 aromatic rings. The van der Waals surface area contributed by atoms with E-state index in [2.05, 4.69) is 17.1 Å². The van der Waals surface area contributed by atoms with Crippen LogP contribution in [0, 0.1) is 0 Å². The molecule has 3 nitrogen and oxygen atoms in total. The summed E-state index contributed by atoms with van der Waals surface area (Å²) in [6.07, 6.45) is 0. The van der Waals surface area contributed by atoms with Gasteiger partial charge in [-0.15, -0.1) is 0 Å². The van der Waals surface area contributed by atoms with E-state index < -0.39 is 0 Å². The monoisotopic (exact) mass is 254 g/mol. The first-order valence-corrected chi connectivity index (χ1v) is 6.38. The van der Waals surface area contributed by atoms with Gasteiger partial charge >= 0.3 is 0 Å². The highest BCUT2D eigenvalue weighted by molar-refractivity contribution is 6.30. The predicted molar refractivity (Wildman–Crippen MR) is 70.9 cm³/mol. The molecule has 0 amide bonds. The summed E-state index contributed by atoms with van der Waals surface area (Å²) >= 11 is 6.07. The number of benzene rings is 1. The lowest BCUT2D eigenvalue weighted by Gasteiger charge is -2.33. The first kappa shape index (κ1) is 12.7. The van der Waals surface area contributed by atoms with Gasteiger partial charge in [0.1, 0.15) is 5.75 Å². The van der Waals surface area contributed by atoms with E-state index in [0.29, 0.717) is 6.04 Å². The van der Waals surface area contributed by atoms with E-state index >= 15 is 0 Å². The third-order valence-electron chi connectivity index (χ3n) is 3.34. The van der Waals surface area contributed by atoms with Crippen LogP contribution in [0.1, 0.15) is 18.5 Å². The van der Waals surface area contributed by atoms with Crippen molar-refractivity contribution in [2.45, 2.75) is 13.0 Å². The summed E-state index contributed by atoms with van der Waals surface area (Å²) in [5.74, 6) is 0.917. The summed E-state index contributed by atoms with van der Waals surface area (Å²) in [7, 11) is 1.71. The Balaban J connectivity index is 2.21. The van der Waals surface area contributed by atoms with Gasteiger partial charge in [0.25, 0.3) is 0 Å². The molecule has 17 heavy (non-hydrogen) atoms. The van der Waals surface area contributed by atoms with Crippen LogP contribution in [0.5, 0.6) is 5.75 Å². The van der Waals surface area contributed by atoms with E-state index in [0.717, 1.165) is 37.0 Å². The van der Waals surface area contributed by atoms with Crippen molar-refractivity contribution in [3.8, 4) is 5.75 Å². The highest BCUT2D eigenvalue weighted by Gasteiger charge is 2.20. The van der Waals surface area contributed by atoms with Gasteiger partial charge in [-0.1, -0.05) is 11.6 Å². The van der Waals surface area contributed by atoms with Crippen LogP contribution in [0.25, 0.3) is 0 Å². The van der Waals surface area contributed by atoms with Crippen LogP contribution in [0.3, 0.4) is 0 Å². The highest BCUT2D eigenvalue weighted by Crippen LogP contribution is 2.31. The summed E-state index contributed by atoms with van der Waals surface area (Å²) in [4.78, 5) is 2.45. The fraction of sp³-hybridized carbons (Fsp3) is 0.538. The fourth-order valence-electron chi connectivity index (χ4n) is 2.30. The molecule has 1 aliphatic rings. The number of methoxy groups -OCH3 is 1. The molecule has 1 atom stereocenters. The zero-order valence-corrected chi connectivity index (χ0v) is 11.1. The first-order valence-electron chi connectivity index (χ1n) is 6.00. The standard InChI is InChI=1S/C13H19ClN2O/c1-10(16-7-5-15-6-8-16)12-9-11(14)3-4-13(12)17-2/h3-4,9-10,15H,5-8H2,1-2H3/t10-/m0/s1. The predicted octanol–water partition coefficient (Wildman–Crippen LogP) is 2.31. The number of hydrogen-bond acceptors (Lipinski definition) is 3. The van der Waals surface area contributed by atoms with Crippen LogP contribution < -0.4 is 10.1 Å². The SMILES string of the molecule is COc1ccc(Cl)cc1[C@H](C)N1CCNCC1. The lowest BCUT2D eigenvalue weighted by Crippen LogP contribution is -2.44. The molecule has 1 fully saturated rings. The summed E-state index contributed by atoms with van der Waals surface area (Å²) in [6.45, 7) is 6.44. The molecule has 2 rings (SSSR count). The molecule has 1 saturated heterocycles. The van der Waals surface area contributed by atoms with Crippen molar-refractivity contribution in [1.29, 1.82) is 0 Å².